The molecule has 1 aromatic rings. The van der Waals surface area contributed by atoms with Gasteiger partial charge in [-0.25, -0.2) is 0 Å². The molecule has 76 valence electrons. The number of rotatable bonds is 3. The van der Waals surface area contributed by atoms with Crippen molar-refractivity contribution >= 4 is 6.08 Å². The number of hydrogen-bond acceptors (Lipinski definition) is 1. The van der Waals surface area contributed by atoms with Gasteiger partial charge in [-0.2, -0.15) is 0 Å². The van der Waals surface area contributed by atoms with E-state index in [1.807, 2.05) is 57.2 Å². The van der Waals surface area contributed by atoms with Crippen LogP contribution in [0.25, 0.3) is 6.08 Å². The molecule has 1 nitrogen and oxygen atoms in total. The predicted octanol–water partition coefficient (Wildman–Crippen LogP) is 3.11. The largest absolute Gasteiger partial charge is 0.388 e. The maximum Gasteiger partial charge on any atom is 0.0773 e. The van der Waals surface area contributed by atoms with Gasteiger partial charge in [0.05, 0.1) is 6.10 Å². The van der Waals surface area contributed by atoms with Crippen LogP contribution in [0, 0.1) is 5.92 Å². The molecule has 0 aliphatic rings. The van der Waals surface area contributed by atoms with E-state index in [0.29, 0.717) is 0 Å². The topological polar surface area (TPSA) is 20.2 Å². The standard InChI is InChI=1S/C13H18O/c1-10(2)13(14)11(3)9-12-7-5-4-6-8-12/h4-10,13-14H,1-3H3/b11-9+/t13-/m0/s1. The fourth-order valence-corrected chi connectivity index (χ4v) is 1.42. The lowest BCUT2D eigenvalue weighted by atomic mass is 9.98. The number of benzene rings is 1. The first-order valence-electron chi connectivity index (χ1n) is 5.02. The zero-order valence-corrected chi connectivity index (χ0v) is 9.07. The molecule has 0 saturated carbocycles. The van der Waals surface area contributed by atoms with Gasteiger partial charge in [0.1, 0.15) is 0 Å². The van der Waals surface area contributed by atoms with Crippen molar-refractivity contribution in [2.75, 3.05) is 0 Å². The van der Waals surface area contributed by atoms with Crippen LogP contribution >= 0.6 is 0 Å². The summed E-state index contributed by atoms with van der Waals surface area (Å²) in [6.07, 6.45) is 1.69. The van der Waals surface area contributed by atoms with E-state index in [1.165, 1.54) is 0 Å². The molecule has 0 spiro atoms. The summed E-state index contributed by atoms with van der Waals surface area (Å²) in [6.45, 7) is 6.01. The summed E-state index contributed by atoms with van der Waals surface area (Å²) in [5.41, 5.74) is 2.16. The van der Waals surface area contributed by atoms with Gasteiger partial charge >= 0.3 is 0 Å². The SMILES string of the molecule is C/C(=C\c1ccccc1)[C@@H](O)C(C)C. The molecule has 0 saturated heterocycles. The Morgan fingerprint density at radius 3 is 2.29 bits per heavy atom. The van der Waals surface area contributed by atoms with Gasteiger partial charge in [-0.3, -0.25) is 0 Å². The number of aliphatic hydroxyl groups excluding tert-OH is 1. The van der Waals surface area contributed by atoms with Crippen LogP contribution in [0.4, 0.5) is 0 Å². The highest BCUT2D eigenvalue weighted by Crippen LogP contribution is 2.14. The Hall–Kier alpha value is -1.08. The van der Waals surface area contributed by atoms with Crippen LogP contribution in [0.3, 0.4) is 0 Å². The zero-order valence-electron chi connectivity index (χ0n) is 9.07. The minimum Gasteiger partial charge on any atom is -0.388 e. The lowest BCUT2D eigenvalue weighted by molar-refractivity contribution is 0.161. The second-order valence-corrected chi connectivity index (χ2v) is 3.99. The van der Waals surface area contributed by atoms with E-state index >= 15 is 0 Å². The molecule has 0 unspecified atom stereocenters. The smallest absolute Gasteiger partial charge is 0.0773 e. The fraction of sp³-hybridized carbons (Fsp3) is 0.385. The van der Waals surface area contributed by atoms with Crippen molar-refractivity contribution in [3.8, 4) is 0 Å². The quantitative estimate of drug-likeness (QED) is 0.776. The first kappa shape index (κ1) is 11.0. The Morgan fingerprint density at radius 1 is 1.21 bits per heavy atom. The van der Waals surface area contributed by atoms with Crippen LogP contribution in [0.5, 0.6) is 0 Å². The number of aliphatic hydroxyl groups is 1. The lowest BCUT2D eigenvalue weighted by Gasteiger charge is -2.14. The Morgan fingerprint density at radius 2 is 1.79 bits per heavy atom. The molecule has 0 radical (unpaired) electrons. The highest BCUT2D eigenvalue weighted by Gasteiger charge is 2.10. The molecule has 1 rings (SSSR count). The molecule has 0 fully saturated rings. The fourth-order valence-electron chi connectivity index (χ4n) is 1.42. The van der Waals surface area contributed by atoms with Crippen LogP contribution in [0.15, 0.2) is 35.9 Å². The van der Waals surface area contributed by atoms with Crippen LogP contribution in [0.1, 0.15) is 26.3 Å². The Kier molecular flexibility index (Phi) is 3.90. The van der Waals surface area contributed by atoms with Crippen molar-refractivity contribution in [1.29, 1.82) is 0 Å². The predicted molar refractivity (Wildman–Crippen MR) is 60.9 cm³/mol. The van der Waals surface area contributed by atoms with Crippen LogP contribution in [0.2, 0.25) is 0 Å². The monoisotopic (exact) mass is 190 g/mol. The third-order valence-corrected chi connectivity index (χ3v) is 2.29. The van der Waals surface area contributed by atoms with E-state index in [1.54, 1.807) is 0 Å². The highest BCUT2D eigenvalue weighted by atomic mass is 16.3. The summed E-state index contributed by atoms with van der Waals surface area (Å²) in [6, 6.07) is 10.1. The second-order valence-electron chi connectivity index (χ2n) is 3.99. The van der Waals surface area contributed by atoms with Gasteiger partial charge in [0, 0.05) is 0 Å². The summed E-state index contributed by atoms with van der Waals surface area (Å²) in [5.74, 6) is 0.273. The van der Waals surface area contributed by atoms with E-state index in [0.717, 1.165) is 11.1 Å². The third-order valence-electron chi connectivity index (χ3n) is 2.29. The lowest BCUT2D eigenvalue weighted by Crippen LogP contribution is -2.15. The van der Waals surface area contributed by atoms with E-state index in [9.17, 15) is 5.11 Å². The molecule has 0 aliphatic carbocycles. The molecule has 14 heavy (non-hydrogen) atoms. The van der Waals surface area contributed by atoms with Gasteiger partial charge in [-0.1, -0.05) is 50.3 Å². The minimum absolute atomic E-state index is 0.273. The van der Waals surface area contributed by atoms with Crippen LogP contribution in [-0.4, -0.2) is 11.2 Å². The molecule has 0 aromatic heterocycles. The third kappa shape index (κ3) is 3.00. The molecule has 0 bridgehead atoms. The Labute approximate surface area is 86.1 Å². The van der Waals surface area contributed by atoms with Gasteiger partial charge in [0.2, 0.25) is 0 Å². The van der Waals surface area contributed by atoms with E-state index in [2.05, 4.69) is 0 Å². The number of hydrogen-bond donors (Lipinski definition) is 1. The van der Waals surface area contributed by atoms with Crippen molar-refractivity contribution in [3.05, 3.63) is 41.5 Å². The van der Waals surface area contributed by atoms with Crippen molar-refractivity contribution in [2.45, 2.75) is 26.9 Å². The molecule has 1 heteroatoms. The summed E-state index contributed by atoms with van der Waals surface area (Å²) in [5, 5.41) is 9.79. The van der Waals surface area contributed by atoms with Crippen molar-refractivity contribution in [3.63, 3.8) is 0 Å². The highest BCUT2D eigenvalue weighted by molar-refractivity contribution is 5.52. The van der Waals surface area contributed by atoms with Crippen LogP contribution < -0.4 is 0 Å². The molecule has 1 aromatic carbocycles. The van der Waals surface area contributed by atoms with E-state index < -0.39 is 0 Å². The molecule has 1 N–H and O–H groups in total. The molecule has 1 atom stereocenters. The Balaban J connectivity index is 2.79. The zero-order chi connectivity index (χ0) is 10.6. The molecular weight excluding hydrogens is 172 g/mol. The van der Waals surface area contributed by atoms with Gasteiger partial charge in [-0.15, -0.1) is 0 Å². The second kappa shape index (κ2) is 4.97. The van der Waals surface area contributed by atoms with Gasteiger partial charge in [-0.05, 0) is 24.0 Å². The first-order valence-corrected chi connectivity index (χ1v) is 5.02. The van der Waals surface area contributed by atoms with Gasteiger partial charge in [0.25, 0.3) is 0 Å². The molecular formula is C13H18O. The molecule has 0 aliphatic heterocycles. The summed E-state index contributed by atoms with van der Waals surface area (Å²) in [4.78, 5) is 0. The van der Waals surface area contributed by atoms with E-state index in [-0.39, 0.29) is 12.0 Å². The van der Waals surface area contributed by atoms with Crippen molar-refractivity contribution in [2.24, 2.45) is 5.92 Å². The van der Waals surface area contributed by atoms with Crippen LogP contribution in [-0.2, 0) is 0 Å². The average molecular weight is 190 g/mol. The van der Waals surface area contributed by atoms with Crippen molar-refractivity contribution < 1.29 is 5.11 Å². The molecule has 0 heterocycles. The first-order chi connectivity index (χ1) is 6.61. The minimum atomic E-state index is -0.338. The molecule has 0 amide bonds. The maximum atomic E-state index is 9.79. The summed E-state index contributed by atoms with van der Waals surface area (Å²) < 4.78 is 0. The van der Waals surface area contributed by atoms with E-state index in [4.69, 9.17) is 0 Å². The average Bonchev–Trinajstić information content (AvgIpc) is 2.18. The Bertz CT molecular complexity index is 298. The van der Waals surface area contributed by atoms with Crippen molar-refractivity contribution in [1.82, 2.24) is 0 Å². The van der Waals surface area contributed by atoms with Gasteiger partial charge in [0.15, 0.2) is 0 Å². The normalized spacial score (nSPS) is 14.5. The summed E-state index contributed by atoms with van der Waals surface area (Å²) >= 11 is 0. The van der Waals surface area contributed by atoms with Gasteiger partial charge < -0.3 is 5.11 Å². The summed E-state index contributed by atoms with van der Waals surface area (Å²) in [7, 11) is 0. The maximum absolute atomic E-state index is 9.79.